The summed E-state index contributed by atoms with van der Waals surface area (Å²) in [5.74, 6) is -0.253. The van der Waals surface area contributed by atoms with Crippen molar-refractivity contribution in [2.24, 2.45) is 0 Å². The molecule has 0 aliphatic heterocycles. The number of amides is 1. The lowest BCUT2D eigenvalue weighted by Gasteiger charge is -1.99. The van der Waals surface area contributed by atoms with Crippen LogP contribution in [-0.4, -0.2) is 5.91 Å². The molecule has 0 spiro atoms. The lowest BCUT2D eigenvalue weighted by atomic mass is 10.2. The molecule has 14 heavy (non-hydrogen) atoms. The second-order valence-corrected chi connectivity index (χ2v) is 4.34. The molecule has 0 aliphatic carbocycles. The molecular formula is C9H6BrCl2NO. The Morgan fingerprint density at radius 1 is 1.29 bits per heavy atom. The summed E-state index contributed by atoms with van der Waals surface area (Å²) >= 11 is 13.9. The van der Waals surface area contributed by atoms with E-state index in [0.717, 1.165) is 4.47 Å². The predicted molar refractivity (Wildman–Crippen MR) is 61.4 cm³/mol. The van der Waals surface area contributed by atoms with Crippen molar-refractivity contribution in [1.82, 2.24) is 5.32 Å². The van der Waals surface area contributed by atoms with Crippen molar-refractivity contribution in [3.8, 4) is 0 Å². The quantitative estimate of drug-likeness (QED) is 0.889. The van der Waals surface area contributed by atoms with Crippen molar-refractivity contribution in [2.75, 3.05) is 0 Å². The van der Waals surface area contributed by atoms with Gasteiger partial charge in [-0.1, -0.05) is 39.1 Å². The van der Waals surface area contributed by atoms with Crippen molar-refractivity contribution < 1.29 is 4.79 Å². The Hall–Kier alpha value is -0.510. The number of carbonyl (C=O) groups excluding carboxylic acids is 1. The van der Waals surface area contributed by atoms with E-state index >= 15 is 0 Å². The maximum absolute atomic E-state index is 11.4. The van der Waals surface area contributed by atoms with E-state index in [1.165, 1.54) is 6.20 Å². The van der Waals surface area contributed by atoms with Gasteiger partial charge in [-0.15, -0.1) is 0 Å². The Bertz CT molecular complexity index is 358. The van der Waals surface area contributed by atoms with Crippen LogP contribution in [0, 0.1) is 0 Å². The molecule has 0 unspecified atom stereocenters. The van der Waals surface area contributed by atoms with E-state index in [1.54, 1.807) is 24.3 Å². The molecule has 0 aromatic heterocycles. The highest BCUT2D eigenvalue weighted by Crippen LogP contribution is 2.10. The summed E-state index contributed by atoms with van der Waals surface area (Å²) < 4.78 is 0.926. The Morgan fingerprint density at radius 3 is 2.36 bits per heavy atom. The molecular weight excluding hydrogens is 289 g/mol. The molecule has 2 nitrogen and oxygen atoms in total. The van der Waals surface area contributed by atoms with Gasteiger partial charge in [0.1, 0.15) is 4.49 Å². The Labute approximate surface area is 100 Å². The molecule has 5 heteroatoms. The Balaban J connectivity index is 2.70. The van der Waals surface area contributed by atoms with Gasteiger partial charge in [0.25, 0.3) is 5.91 Å². The van der Waals surface area contributed by atoms with Crippen LogP contribution in [0.1, 0.15) is 10.4 Å². The van der Waals surface area contributed by atoms with Crippen molar-refractivity contribution >= 4 is 45.0 Å². The topological polar surface area (TPSA) is 29.1 Å². The molecule has 1 rings (SSSR count). The fourth-order valence-electron chi connectivity index (χ4n) is 0.805. The highest BCUT2D eigenvalue weighted by Gasteiger charge is 2.02. The van der Waals surface area contributed by atoms with Crippen LogP contribution < -0.4 is 5.32 Å². The van der Waals surface area contributed by atoms with Crippen molar-refractivity contribution in [3.05, 3.63) is 45.0 Å². The number of rotatable bonds is 2. The number of nitrogens with one attached hydrogen (secondary N) is 1. The van der Waals surface area contributed by atoms with E-state index in [-0.39, 0.29) is 10.4 Å². The highest BCUT2D eigenvalue weighted by atomic mass is 79.9. The second-order valence-electron chi connectivity index (χ2n) is 2.41. The maximum atomic E-state index is 11.4. The average molecular weight is 295 g/mol. The number of hydrogen-bond acceptors (Lipinski definition) is 1. The third-order valence-corrected chi connectivity index (χ3v) is 2.17. The molecule has 1 amide bonds. The standard InChI is InChI=1S/C9H6BrCl2NO/c10-7-3-1-6(2-4-7)9(14)13-5-8(11)12/h1-5H,(H,13,14). The molecule has 0 aliphatic rings. The summed E-state index contributed by atoms with van der Waals surface area (Å²) in [6, 6.07) is 6.94. The summed E-state index contributed by atoms with van der Waals surface area (Å²) in [5, 5.41) is 2.44. The van der Waals surface area contributed by atoms with Crippen LogP contribution in [0.2, 0.25) is 0 Å². The molecule has 0 fully saturated rings. The van der Waals surface area contributed by atoms with Crippen LogP contribution in [0.5, 0.6) is 0 Å². The first-order valence-corrected chi connectivity index (χ1v) is 5.22. The first-order chi connectivity index (χ1) is 6.59. The molecule has 0 radical (unpaired) electrons. The van der Waals surface area contributed by atoms with E-state index in [0.29, 0.717) is 5.56 Å². The monoisotopic (exact) mass is 293 g/mol. The summed E-state index contributed by atoms with van der Waals surface area (Å²) in [6.45, 7) is 0. The zero-order chi connectivity index (χ0) is 10.6. The summed E-state index contributed by atoms with van der Waals surface area (Å²) in [6.07, 6.45) is 1.23. The smallest absolute Gasteiger partial charge is 0.255 e. The van der Waals surface area contributed by atoms with E-state index in [4.69, 9.17) is 23.2 Å². The summed E-state index contributed by atoms with van der Waals surface area (Å²) in [5.41, 5.74) is 0.541. The largest absolute Gasteiger partial charge is 0.326 e. The molecule has 0 heterocycles. The molecule has 0 bridgehead atoms. The van der Waals surface area contributed by atoms with Crippen molar-refractivity contribution in [2.45, 2.75) is 0 Å². The number of carbonyl (C=O) groups is 1. The molecule has 1 aromatic rings. The van der Waals surface area contributed by atoms with Gasteiger partial charge >= 0.3 is 0 Å². The Morgan fingerprint density at radius 2 is 1.86 bits per heavy atom. The van der Waals surface area contributed by atoms with E-state index < -0.39 is 0 Å². The zero-order valence-corrected chi connectivity index (χ0v) is 10.0. The van der Waals surface area contributed by atoms with Crippen molar-refractivity contribution in [1.29, 1.82) is 0 Å². The van der Waals surface area contributed by atoms with Crippen LogP contribution in [-0.2, 0) is 0 Å². The number of halogens is 3. The Kier molecular flexibility index (Phi) is 4.45. The molecule has 0 saturated heterocycles. The highest BCUT2D eigenvalue weighted by molar-refractivity contribution is 9.10. The normalized spacial score (nSPS) is 9.36. The van der Waals surface area contributed by atoms with E-state index in [9.17, 15) is 4.79 Å². The van der Waals surface area contributed by atoms with Crippen LogP contribution >= 0.6 is 39.1 Å². The summed E-state index contributed by atoms with van der Waals surface area (Å²) in [4.78, 5) is 11.4. The van der Waals surface area contributed by atoms with Crippen molar-refractivity contribution in [3.63, 3.8) is 0 Å². The maximum Gasteiger partial charge on any atom is 0.255 e. The minimum Gasteiger partial charge on any atom is -0.326 e. The minimum atomic E-state index is -0.253. The van der Waals surface area contributed by atoms with Gasteiger partial charge in [-0.2, -0.15) is 0 Å². The third-order valence-electron chi connectivity index (χ3n) is 1.42. The van der Waals surface area contributed by atoms with Gasteiger partial charge < -0.3 is 5.32 Å². The lowest BCUT2D eigenvalue weighted by Crippen LogP contribution is -2.16. The SMILES string of the molecule is O=C(NC=C(Cl)Cl)c1ccc(Br)cc1. The fourth-order valence-corrected chi connectivity index (χ4v) is 1.18. The fraction of sp³-hybridized carbons (Fsp3) is 0. The number of hydrogen-bond donors (Lipinski definition) is 1. The van der Waals surface area contributed by atoms with Gasteiger partial charge in [0.15, 0.2) is 0 Å². The van der Waals surface area contributed by atoms with Gasteiger partial charge in [-0.25, -0.2) is 0 Å². The third kappa shape index (κ3) is 3.70. The van der Waals surface area contributed by atoms with Gasteiger partial charge in [0.05, 0.1) is 0 Å². The average Bonchev–Trinajstić information content (AvgIpc) is 2.15. The van der Waals surface area contributed by atoms with Crippen LogP contribution in [0.3, 0.4) is 0 Å². The minimum absolute atomic E-state index is 0.00969. The number of benzene rings is 1. The molecule has 0 saturated carbocycles. The van der Waals surface area contributed by atoms with Gasteiger partial charge in [-0.3, -0.25) is 4.79 Å². The van der Waals surface area contributed by atoms with Crippen LogP contribution in [0.25, 0.3) is 0 Å². The van der Waals surface area contributed by atoms with Gasteiger partial charge in [0.2, 0.25) is 0 Å². The summed E-state index contributed by atoms with van der Waals surface area (Å²) in [7, 11) is 0. The molecule has 1 N–H and O–H groups in total. The van der Waals surface area contributed by atoms with Gasteiger partial charge in [-0.05, 0) is 24.3 Å². The first-order valence-electron chi connectivity index (χ1n) is 3.67. The predicted octanol–water partition coefficient (Wildman–Crippen LogP) is 3.46. The zero-order valence-electron chi connectivity index (χ0n) is 6.93. The van der Waals surface area contributed by atoms with Gasteiger partial charge in [0, 0.05) is 16.2 Å². The van der Waals surface area contributed by atoms with E-state index in [1.807, 2.05) is 0 Å². The first kappa shape index (κ1) is 11.6. The molecule has 74 valence electrons. The van der Waals surface area contributed by atoms with E-state index in [2.05, 4.69) is 21.2 Å². The molecule has 1 aromatic carbocycles. The molecule has 0 atom stereocenters. The lowest BCUT2D eigenvalue weighted by molar-refractivity contribution is 0.0970. The van der Waals surface area contributed by atoms with Crippen LogP contribution in [0.15, 0.2) is 39.4 Å². The van der Waals surface area contributed by atoms with Crippen LogP contribution in [0.4, 0.5) is 0 Å². The second kappa shape index (κ2) is 5.39.